The van der Waals surface area contributed by atoms with Gasteiger partial charge in [0.05, 0.1) is 24.1 Å². The standard InChI is InChI=1S/C20H29N3O4/c1-4-6-7-14(5-2)13-21-18(24)15-8-9-16-17(12-15)22-20(26)23(19(16)25)10-11-27-3/h8-9,12,14H,4-7,10-11,13H2,1-3H3,(H,21,24)(H,22,26)/t14-/m0/s1. The van der Waals surface area contributed by atoms with Crippen LogP contribution in [0.25, 0.3) is 10.9 Å². The zero-order valence-corrected chi connectivity index (χ0v) is 16.3. The summed E-state index contributed by atoms with van der Waals surface area (Å²) in [7, 11) is 1.51. The molecule has 0 fully saturated rings. The molecule has 2 N–H and O–H groups in total. The summed E-state index contributed by atoms with van der Waals surface area (Å²) in [6.45, 7) is 5.36. The predicted molar refractivity (Wildman–Crippen MR) is 106 cm³/mol. The second-order valence-electron chi connectivity index (χ2n) is 6.77. The fourth-order valence-corrected chi connectivity index (χ4v) is 3.06. The van der Waals surface area contributed by atoms with Gasteiger partial charge in [-0.2, -0.15) is 0 Å². The van der Waals surface area contributed by atoms with Crippen molar-refractivity contribution in [2.24, 2.45) is 5.92 Å². The molecule has 1 amide bonds. The van der Waals surface area contributed by atoms with Crippen LogP contribution in [0.1, 0.15) is 49.9 Å². The molecular weight excluding hydrogens is 346 g/mol. The highest BCUT2D eigenvalue weighted by molar-refractivity contribution is 5.97. The van der Waals surface area contributed by atoms with Crippen LogP contribution < -0.4 is 16.6 Å². The second kappa shape index (κ2) is 10.1. The lowest BCUT2D eigenvalue weighted by Crippen LogP contribution is -2.36. The van der Waals surface area contributed by atoms with Gasteiger partial charge in [-0.1, -0.05) is 33.1 Å². The average Bonchev–Trinajstić information content (AvgIpc) is 2.67. The van der Waals surface area contributed by atoms with E-state index in [2.05, 4.69) is 24.1 Å². The molecular formula is C20H29N3O4. The van der Waals surface area contributed by atoms with Gasteiger partial charge in [-0.3, -0.25) is 14.2 Å². The van der Waals surface area contributed by atoms with Gasteiger partial charge < -0.3 is 15.0 Å². The van der Waals surface area contributed by atoms with Crippen molar-refractivity contribution in [3.05, 3.63) is 44.6 Å². The number of fused-ring (bicyclic) bond motifs is 1. The second-order valence-corrected chi connectivity index (χ2v) is 6.77. The van der Waals surface area contributed by atoms with Crippen molar-refractivity contribution in [1.29, 1.82) is 0 Å². The summed E-state index contributed by atoms with van der Waals surface area (Å²) in [5.74, 6) is 0.262. The third kappa shape index (κ3) is 5.29. The lowest BCUT2D eigenvalue weighted by molar-refractivity contribution is 0.0946. The van der Waals surface area contributed by atoms with Crippen LogP contribution in [0.2, 0.25) is 0 Å². The van der Waals surface area contributed by atoms with E-state index in [1.54, 1.807) is 18.2 Å². The van der Waals surface area contributed by atoms with E-state index in [0.29, 0.717) is 28.9 Å². The molecule has 7 nitrogen and oxygen atoms in total. The number of nitrogens with one attached hydrogen (secondary N) is 2. The van der Waals surface area contributed by atoms with E-state index < -0.39 is 5.69 Å². The Bertz CT molecular complexity index is 885. The molecule has 0 bridgehead atoms. The van der Waals surface area contributed by atoms with E-state index in [9.17, 15) is 14.4 Å². The minimum Gasteiger partial charge on any atom is -0.383 e. The maximum atomic E-state index is 12.5. The summed E-state index contributed by atoms with van der Waals surface area (Å²) in [6, 6.07) is 4.76. The number of H-pyrrole nitrogens is 1. The maximum Gasteiger partial charge on any atom is 0.328 e. The number of aromatic amines is 1. The smallest absolute Gasteiger partial charge is 0.328 e. The van der Waals surface area contributed by atoms with Gasteiger partial charge in [-0.15, -0.1) is 0 Å². The number of hydrogen-bond donors (Lipinski definition) is 2. The number of aromatic nitrogens is 2. The molecule has 0 aliphatic carbocycles. The van der Waals surface area contributed by atoms with E-state index >= 15 is 0 Å². The molecule has 0 radical (unpaired) electrons. The SMILES string of the molecule is CCCC[C@H](CC)CNC(=O)c1ccc2c(=O)n(CCOC)c(=O)[nH]c2c1. The van der Waals surface area contributed by atoms with Crippen LogP contribution in [0.15, 0.2) is 27.8 Å². The lowest BCUT2D eigenvalue weighted by Gasteiger charge is -2.15. The van der Waals surface area contributed by atoms with Gasteiger partial charge in [-0.25, -0.2) is 4.79 Å². The number of carbonyl (C=O) groups is 1. The third-order valence-corrected chi connectivity index (χ3v) is 4.86. The van der Waals surface area contributed by atoms with Gasteiger partial charge >= 0.3 is 5.69 Å². The summed E-state index contributed by atoms with van der Waals surface area (Å²) in [5, 5.41) is 3.33. The zero-order chi connectivity index (χ0) is 19.8. The van der Waals surface area contributed by atoms with E-state index in [0.717, 1.165) is 30.3 Å². The first-order valence-electron chi connectivity index (χ1n) is 9.55. The third-order valence-electron chi connectivity index (χ3n) is 4.86. The minimum atomic E-state index is -0.507. The molecule has 2 rings (SSSR count). The number of benzene rings is 1. The molecule has 0 unspecified atom stereocenters. The first-order chi connectivity index (χ1) is 13.0. The highest BCUT2D eigenvalue weighted by Gasteiger charge is 2.13. The van der Waals surface area contributed by atoms with Crippen LogP contribution in [-0.4, -0.2) is 35.7 Å². The number of unbranched alkanes of at least 4 members (excludes halogenated alkanes) is 1. The minimum absolute atomic E-state index is 0.180. The summed E-state index contributed by atoms with van der Waals surface area (Å²) in [4.78, 5) is 39.8. The molecule has 1 heterocycles. The van der Waals surface area contributed by atoms with Gasteiger partial charge in [0.1, 0.15) is 0 Å². The van der Waals surface area contributed by atoms with Crippen molar-refractivity contribution >= 4 is 16.8 Å². The van der Waals surface area contributed by atoms with Crippen LogP contribution in [0.4, 0.5) is 0 Å². The summed E-state index contributed by atoms with van der Waals surface area (Å²) >= 11 is 0. The summed E-state index contributed by atoms with van der Waals surface area (Å²) in [5.41, 5.74) is -0.0991. The first-order valence-corrected chi connectivity index (χ1v) is 9.55. The Morgan fingerprint density at radius 2 is 2.07 bits per heavy atom. The van der Waals surface area contributed by atoms with Gasteiger partial charge in [0, 0.05) is 19.2 Å². The van der Waals surface area contributed by atoms with E-state index in [1.165, 1.54) is 7.11 Å². The molecule has 1 aromatic heterocycles. The normalized spacial score (nSPS) is 12.3. The fourth-order valence-electron chi connectivity index (χ4n) is 3.06. The molecule has 148 valence electrons. The molecule has 1 aromatic carbocycles. The van der Waals surface area contributed by atoms with E-state index in [4.69, 9.17) is 4.74 Å². The van der Waals surface area contributed by atoms with E-state index in [1.807, 2.05) is 0 Å². The Morgan fingerprint density at radius 1 is 1.30 bits per heavy atom. The van der Waals surface area contributed by atoms with Crippen LogP contribution >= 0.6 is 0 Å². The number of carbonyl (C=O) groups excluding carboxylic acids is 1. The Kier molecular flexibility index (Phi) is 7.79. The zero-order valence-electron chi connectivity index (χ0n) is 16.3. The molecule has 0 aliphatic heterocycles. The van der Waals surface area contributed by atoms with Crippen molar-refractivity contribution in [2.45, 2.75) is 46.1 Å². The van der Waals surface area contributed by atoms with Gasteiger partial charge in [0.2, 0.25) is 0 Å². The topological polar surface area (TPSA) is 93.2 Å². The largest absolute Gasteiger partial charge is 0.383 e. The molecule has 27 heavy (non-hydrogen) atoms. The first kappa shape index (κ1) is 20.9. The molecule has 2 aromatic rings. The number of ether oxygens (including phenoxy) is 1. The van der Waals surface area contributed by atoms with Gasteiger partial charge in [0.25, 0.3) is 11.5 Å². The quantitative estimate of drug-likeness (QED) is 0.666. The summed E-state index contributed by atoms with van der Waals surface area (Å²) in [6.07, 6.45) is 4.41. The summed E-state index contributed by atoms with van der Waals surface area (Å²) < 4.78 is 6.04. The van der Waals surface area contributed by atoms with Crippen molar-refractivity contribution in [3.8, 4) is 0 Å². The molecule has 7 heteroatoms. The number of nitrogens with zero attached hydrogens (tertiary/aromatic N) is 1. The Balaban J connectivity index is 2.19. The van der Waals surface area contributed by atoms with Gasteiger partial charge in [0.15, 0.2) is 0 Å². The van der Waals surface area contributed by atoms with Crippen molar-refractivity contribution in [1.82, 2.24) is 14.9 Å². The number of amides is 1. The number of methoxy groups -OCH3 is 1. The van der Waals surface area contributed by atoms with Crippen LogP contribution in [-0.2, 0) is 11.3 Å². The molecule has 0 spiro atoms. The van der Waals surface area contributed by atoms with Crippen LogP contribution in [0, 0.1) is 5.92 Å². The number of hydrogen-bond acceptors (Lipinski definition) is 4. The Labute approximate surface area is 158 Å². The van der Waals surface area contributed by atoms with Crippen molar-refractivity contribution in [2.75, 3.05) is 20.3 Å². The highest BCUT2D eigenvalue weighted by atomic mass is 16.5. The van der Waals surface area contributed by atoms with Crippen LogP contribution in [0.5, 0.6) is 0 Å². The monoisotopic (exact) mass is 375 g/mol. The van der Waals surface area contributed by atoms with Crippen molar-refractivity contribution < 1.29 is 9.53 Å². The average molecular weight is 375 g/mol. The molecule has 0 saturated heterocycles. The molecule has 0 aliphatic rings. The molecule has 0 saturated carbocycles. The Hall–Kier alpha value is -2.41. The van der Waals surface area contributed by atoms with Crippen LogP contribution in [0.3, 0.4) is 0 Å². The number of rotatable bonds is 10. The predicted octanol–water partition coefficient (Wildman–Crippen LogP) is 2.28. The Morgan fingerprint density at radius 3 is 2.74 bits per heavy atom. The fraction of sp³-hybridized carbons (Fsp3) is 0.550. The lowest BCUT2D eigenvalue weighted by atomic mass is 9.99. The maximum absolute atomic E-state index is 12.5. The van der Waals surface area contributed by atoms with Crippen molar-refractivity contribution in [3.63, 3.8) is 0 Å². The van der Waals surface area contributed by atoms with E-state index in [-0.39, 0.29) is 24.6 Å². The molecule has 1 atom stereocenters. The van der Waals surface area contributed by atoms with Gasteiger partial charge in [-0.05, 0) is 30.5 Å². The highest BCUT2D eigenvalue weighted by Crippen LogP contribution is 2.13.